The highest BCUT2D eigenvalue weighted by Crippen LogP contribution is 2.23. The van der Waals surface area contributed by atoms with E-state index in [-0.39, 0.29) is 0 Å². The normalized spacial score (nSPS) is 19.0. The quantitative estimate of drug-likeness (QED) is 0.868. The second kappa shape index (κ2) is 6.18. The van der Waals surface area contributed by atoms with E-state index in [4.69, 9.17) is 11.6 Å². The molecule has 1 atom stereocenters. The number of hydrogen-bond donors (Lipinski definition) is 0. The van der Waals surface area contributed by atoms with Crippen LogP contribution < -0.4 is 0 Å². The molecule has 0 fully saturated rings. The van der Waals surface area contributed by atoms with Gasteiger partial charge in [-0.1, -0.05) is 23.7 Å². The largest absolute Gasteiger partial charge is 0.328 e. The van der Waals surface area contributed by atoms with Gasteiger partial charge in [-0.25, -0.2) is 4.98 Å². The summed E-state index contributed by atoms with van der Waals surface area (Å²) in [4.78, 5) is 9.02. The summed E-state index contributed by atoms with van der Waals surface area (Å²) in [6.45, 7) is 3.93. The van der Waals surface area contributed by atoms with Gasteiger partial charge in [0, 0.05) is 37.4 Å². The van der Waals surface area contributed by atoms with E-state index >= 15 is 0 Å². The maximum atomic E-state index is 6.08. The first-order chi connectivity index (χ1) is 10.1. The topological polar surface area (TPSA) is 24.3 Å². The van der Waals surface area contributed by atoms with E-state index in [1.807, 2.05) is 24.7 Å². The number of fused-ring (bicyclic) bond motifs is 1. The summed E-state index contributed by atoms with van der Waals surface area (Å²) >= 11 is 6.08. The van der Waals surface area contributed by atoms with Crippen LogP contribution in [0, 0.1) is 0 Å². The highest BCUT2D eigenvalue weighted by Gasteiger charge is 2.25. The number of likely N-dealkylation sites (N-methyl/N-ethyl adjacent to an activating group) is 1. The Balaban J connectivity index is 1.76. The lowest BCUT2D eigenvalue weighted by molar-refractivity contribution is 0.156. The minimum atomic E-state index is 0.449. The Kier molecular flexibility index (Phi) is 4.29. The molecule has 0 aliphatic carbocycles. The molecule has 0 N–H and O–H groups in total. The first-order valence-corrected chi connectivity index (χ1v) is 7.62. The third-order valence-corrected chi connectivity index (χ3v) is 4.10. The predicted octanol–water partition coefficient (Wildman–Crippen LogP) is 2.66. The number of nitrogens with zero attached hydrogens (tertiary/aromatic N) is 4. The predicted molar refractivity (Wildman–Crippen MR) is 85.4 cm³/mol. The van der Waals surface area contributed by atoms with E-state index in [1.54, 1.807) is 0 Å². The molecule has 0 saturated carbocycles. The highest BCUT2D eigenvalue weighted by atomic mass is 35.5. The lowest BCUT2D eigenvalue weighted by Gasteiger charge is -2.35. The van der Waals surface area contributed by atoms with E-state index in [0.29, 0.717) is 6.04 Å². The molecule has 1 aromatic heterocycles. The maximum absolute atomic E-state index is 6.08. The molecule has 21 heavy (non-hydrogen) atoms. The van der Waals surface area contributed by atoms with Crippen molar-refractivity contribution in [2.45, 2.75) is 19.1 Å². The Labute approximate surface area is 130 Å². The molecule has 0 saturated heterocycles. The Bertz CT molecular complexity index is 608. The molecule has 0 radical (unpaired) electrons. The zero-order valence-electron chi connectivity index (χ0n) is 12.5. The number of imidazole rings is 1. The van der Waals surface area contributed by atoms with Crippen molar-refractivity contribution in [2.24, 2.45) is 0 Å². The molecule has 112 valence electrons. The standard InChI is InChI=1S/C16H21ClN4/c1-19(2)9-16-11-20(10-15-7-18-12-21(15)16)8-13-4-3-5-14(17)6-13/h3-7,12,16H,8-11H2,1-2H3. The Morgan fingerprint density at radius 3 is 3.00 bits per heavy atom. The van der Waals surface area contributed by atoms with Crippen molar-refractivity contribution in [3.63, 3.8) is 0 Å². The zero-order valence-corrected chi connectivity index (χ0v) is 13.3. The Morgan fingerprint density at radius 1 is 1.38 bits per heavy atom. The van der Waals surface area contributed by atoms with Crippen molar-refractivity contribution >= 4 is 11.6 Å². The van der Waals surface area contributed by atoms with Gasteiger partial charge in [0.25, 0.3) is 0 Å². The molecule has 1 aromatic carbocycles. The smallest absolute Gasteiger partial charge is 0.0952 e. The molecular weight excluding hydrogens is 284 g/mol. The van der Waals surface area contributed by atoms with E-state index in [2.05, 4.69) is 45.6 Å². The van der Waals surface area contributed by atoms with Crippen LogP contribution >= 0.6 is 11.6 Å². The molecule has 5 heteroatoms. The van der Waals surface area contributed by atoms with Gasteiger partial charge in [0.2, 0.25) is 0 Å². The Morgan fingerprint density at radius 2 is 2.24 bits per heavy atom. The molecule has 1 aliphatic rings. The summed E-state index contributed by atoms with van der Waals surface area (Å²) in [5.41, 5.74) is 2.55. The van der Waals surface area contributed by atoms with E-state index in [0.717, 1.165) is 31.2 Å². The molecule has 3 rings (SSSR count). The van der Waals surface area contributed by atoms with Crippen molar-refractivity contribution in [3.8, 4) is 0 Å². The number of aromatic nitrogens is 2. The summed E-state index contributed by atoms with van der Waals surface area (Å²) in [6.07, 6.45) is 3.94. The molecule has 2 heterocycles. The fourth-order valence-electron chi connectivity index (χ4n) is 3.04. The van der Waals surface area contributed by atoms with Crippen molar-refractivity contribution in [2.75, 3.05) is 27.2 Å². The molecular formula is C16H21ClN4. The SMILES string of the molecule is CN(C)CC1CN(Cc2cccc(Cl)c2)Cc2cncn21. The maximum Gasteiger partial charge on any atom is 0.0952 e. The lowest BCUT2D eigenvalue weighted by atomic mass is 10.1. The summed E-state index contributed by atoms with van der Waals surface area (Å²) in [5.74, 6) is 0. The monoisotopic (exact) mass is 304 g/mol. The third-order valence-electron chi connectivity index (χ3n) is 3.87. The van der Waals surface area contributed by atoms with Gasteiger partial charge in [-0.3, -0.25) is 4.90 Å². The first kappa shape index (κ1) is 14.6. The minimum absolute atomic E-state index is 0.449. The van der Waals surface area contributed by atoms with Crippen LogP contribution in [-0.2, 0) is 13.1 Å². The molecule has 1 aliphatic heterocycles. The molecule has 1 unspecified atom stereocenters. The van der Waals surface area contributed by atoms with Gasteiger partial charge in [-0.2, -0.15) is 0 Å². The molecule has 0 bridgehead atoms. The van der Waals surface area contributed by atoms with Gasteiger partial charge in [0.15, 0.2) is 0 Å². The number of halogens is 1. The third kappa shape index (κ3) is 3.46. The molecule has 4 nitrogen and oxygen atoms in total. The second-order valence-electron chi connectivity index (χ2n) is 6.01. The van der Waals surface area contributed by atoms with Crippen LogP contribution in [0.25, 0.3) is 0 Å². The highest BCUT2D eigenvalue weighted by molar-refractivity contribution is 6.30. The lowest BCUT2D eigenvalue weighted by Crippen LogP contribution is -2.40. The number of rotatable bonds is 4. The van der Waals surface area contributed by atoms with Gasteiger partial charge in [0.1, 0.15) is 0 Å². The average molecular weight is 305 g/mol. The second-order valence-corrected chi connectivity index (χ2v) is 6.44. The molecule has 2 aromatic rings. The minimum Gasteiger partial charge on any atom is -0.328 e. The number of hydrogen-bond acceptors (Lipinski definition) is 3. The zero-order chi connectivity index (χ0) is 14.8. The van der Waals surface area contributed by atoms with E-state index in [9.17, 15) is 0 Å². The fraction of sp³-hybridized carbons (Fsp3) is 0.438. The van der Waals surface area contributed by atoms with Crippen LogP contribution in [-0.4, -0.2) is 46.5 Å². The summed E-state index contributed by atoms with van der Waals surface area (Å²) in [7, 11) is 4.24. The van der Waals surface area contributed by atoms with Crippen molar-refractivity contribution in [1.29, 1.82) is 0 Å². The van der Waals surface area contributed by atoms with Crippen LogP contribution in [0.1, 0.15) is 17.3 Å². The first-order valence-electron chi connectivity index (χ1n) is 7.24. The average Bonchev–Trinajstić information content (AvgIpc) is 2.86. The number of benzene rings is 1. The summed E-state index contributed by atoms with van der Waals surface area (Å²) in [5, 5.41) is 0.805. The van der Waals surface area contributed by atoms with Crippen molar-refractivity contribution in [1.82, 2.24) is 19.4 Å². The van der Waals surface area contributed by atoms with E-state index < -0.39 is 0 Å². The van der Waals surface area contributed by atoms with Crippen LogP contribution in [0.5, 0.6) is 0 Å². The van der Waals surface area contributed by atoms with Gasteiger partial charge < -0.3 is 9.47 Å². The Hall–Kier alpha value is -1.36. The molecule has 0 spiro atoms. The van der Waals surface area contributed by atoms with Gasteiger partial charge in [-0.15, -0.1) is 0 Å². The van der Waals surface area contributed by atoms with Crippen LogP contribution in [0.2, 0.25) is 5.02 Å². The van der Waals surface area contributed by atoms with Gasteiger partial charge >= 0.3 is 0 Å². The summed E-state index contributed by atoms with van der Waals surface area (Å²) in [6, 6.07) is 8.58. The molecule has 0 amide bonds. The van der Waals surface area contributed by atoms with Crippen LogP contribution in [0.4, 0.5) is 0 Å². The fourth-order valence-corrected chi connectivity index (χ4v) is 3.26. The van der Waals surface area contributed by atoms with E-state index in [1.165, 1.54) is 11.3 Å². The van der Waals surface area contributed by atoms with Crippen LogP contribution in [0.15, 0.2) is 36.8 Å². The van der Waals surface area contributed by atoms with Crippen LogP contribution in [0.3, 0.4) is 0 Å². The van der Waals surface area contributed by atoms with Crippen molar-refractivity contribution < 1.29 is 0 Å². The summed E-state index contributed by atoms with van der Waals surface area (Å²) < 4.78 is 2.31. The van der Waals surface area contributed by atoms with Gasteiger partial charge in [-0.05, 0) is 31.8 Å². The van der Waals surface area contributed by atoms with Gasteiger partial charge in [0.05, 0.1) is 18.1 Å². The van der Waals surface area contributed by atoms with Crippen molar-refractivity contribution in [3.05, 3.63) is 53.1 Å².